The second-order valence-corrected chi connectivity index (χ2v) is 14.0. The molecule has 1 unspecified atom stereocenters. The van der Waals surface area contributed by atoms with Crippen LogP contribution in [-0.2, 0) is 22.4 Å². The average Bonchev–Trinajstić information content (AvgIpc) is 2.92. The summed E-state index contributed by atoms with van der Waals surface area (Å²) in [5, 5.41) is 10.5. The number of piperidine rings is 1. The first kappa shape index (κ1) is 30.9. The highest BCUT2D eigenvalue weighted by atomic mass is 19.1. The third kappa shape index (κ3) is 7.01. The third-order valence-electron chi connectivity index (χ3n) is 8.84. The van der Waals surface area contributed by atoms with Crippen LogP contribution in [0.4, 0.5) is 10.1 Å². The Kier molecular flexibility index (Phi) is 8.54. The molecule has 1 aliphatic heterocycles. The van der Waals surface area contributed by atoms with Gasteiger partial charge in [0.2, 0.25) is 0 Å². The van der Waals surface area contributed by atoms with Crippen molar-refractivity contribution in [2.24, 2.45) is 5.41 Å². The Bertz CT molecular complexity index is 1540. The van der Waals surface area contributed by atoms with Gasteiger partial charge in [0.1, 0.15) is 5.82 Å². The number of carboxylic acids is 1. The minimum atomic E-state index is -1.13. The molecular weight excluding hydrogens is 539 g/mol. The molecule has 228 valence electrons. The molecule has 0 bridgehead atoms. The minimum absolute atomic E-state index is 0.222. The molecule has 1 atom stereocenters. The Morgan fingerprint density at radius 3 is 2.33 bits per heavy atom. The molecule has 5 rings (SSSR count). The number of aliphatic carboxylic acids is 1. The van der Waals surface area contributed by atoms with E-state index in [0.717, 1.165) is 73.3 Å². The van der Waals surface area contributed by atoms with Gasteiger partial charge in [-0.2, -0.15) is 0 Å². The van der Waals surface area contributed by atoms with Crippen molar-refractivity contribution >= 4 is 17.7 Å². The predicted molar refractivity (Wildman–Crippen MR) is 172 cm³/mol. The van der Waals surface area contributed by atoms with Crippen molar-refractivity contribution in [3.05, 3.63) is 87.5 Å². The SMILES string of the molecule is Cc1nc(C)c(C(OC(C)(C)C)C(=O)O)c(N2CCC(C)(C)CC2)c1-c1ccc2c(c1)CC/C(=C\c1ccc(F)cc1)C2. The van der Waals surface area contributed by atoms with Crippen molar-refractivity contribution in [1.82, 2.24) is 4.98 Å². The molecule has 0 amide bonds. The highest BCUT2D eigenvalue weighted by Gasteiger charge is 2.36. The number of rotatable bonds is 6. The lowest BCUT2D eigenvalue weighted by molar-refractivity contribution is -0.160. The van der Waals surface area contributed by atoms with Crippen molar-refractivity contribution in [1.29, 1.82) is 0 Å². The van der Waals surface area contributed by atoms with Crippen LogP contribution in [0.15, 0.2) is 48.0 Å². The van der Waals surface area contributed by atoms with E-state index in [-0.39, 0.29) is 11.2 Å². The molecule has 1 aromatic heterocycles. The Balaban J connectivity index is 1.60. The summed E-state index contributed by atoms with van der Waals surface area (Å²) in [6.45, 7) is 15.9. The summed E-state index contributed by atoms with van der Waals surface area (Å²) in [7, 11) is 0. The van der Waals surface area contributed by atoms with Crippen molar-refractivity contribution in [2.45, 2.75) is 92.3 Å². The van der Waals surface area contributed by atoms with Crippen LogP contribution in [0.5, 0.6) is 0 Å². The lowest BCUT2D eigenvalue weighted by Gasteiger charge is -2.41. The van der Waals surface area contributed by atoms with E-state index in [9.17, 15) is 14.3 Å². The maximum Gasteiger partial charge on any atom is 0.337 e. The van der Waals surface area contributed by atoms with Crippen molar-refractivity contribution in [3.63, 3.8) is 0 Å². The first-order chi connectivity index (χ1) is 20.2. The number of halogens is 1. The fourth-order valence-corrected chi connectivity index (χ4v) is 6.49. The second kappa shape index (κ2) is 11.9. The molecule has 3 aromatic rings. The van der Waals surface area contributed by atoms with Gasteiger partial charge in [-0.05, 0) is 107 Å². The number of aromatic nitrogens is 1. The smallest absolute Gasteiger partial charge is 0.337 e. The van der Waals surface area contributed by atoms with E-state index >= 15 is 0 Å². The number of pyridine rings is 1. The summed E-state index contributed by atoms with van der Waals surface area (Å²) in [5.74, 6) is -1.22. The zero-order valence-corrected chi connectivity index (χ0v) is 26.7. The van der Waals surface area contributed by atoms with Crippen LogP contribution in [0.3, 0.4) is 0 Å². The summed E-state index contributed by atoms with van der Waals surface area (Å²) in [4.78, 5) is 20.1. The summed E-state index contributed by atoms with van der Waals surface area (Å²) < 4.78 is 19.6. The van der Waals surface area contributed by atoms with Crippen LogP contribution in [-0.4, -0.2) is 34.8 Å². The van der Waals surface area contributed by atoms with E-state index in [1.165, 1.54) is 28.8 Å². The highest BCUT2D eigenvalue weighted by Crippen LogP contribution is 2.45. The Morgan fingerprint density at radius 2 is 1.70 bits per heavy atom. The molecule has 1 N–H and O–H groups in total. The number of fused-ring (bicyclic) bond motifs is 1. The molecule has 0 spiro atoms. The summed E-state index contributed by atoms with van der Waals surface area (Å²) in [6, 6.07) is 13.3. The number of aryl methyl sites for hydroxylation is 3. The fourth-order valence-electron chi connectivity index (χ4n) is 6.49. The van der Waals surface area contributed by atoms with Gasteiger partial charge in [-0.3, -0.25) is 4.98 Å². The van der Waals surface area contributed by atoms with Gasteiger partial charge in [0, 0.05) is 35.6 Å². The van der Waals surface area contributed by atoms with Gasteiger partial charge in [-0.1, -0.05) is 55.8 Å². The third-order valence-corrected chi connectivity index (χ3v) is 8.84. The van der Waals surface area contributed by atoms with Gasteiger partial charge in [-0.15, -0.1) is 0 Å². The fraction of sp³-hybridized carbons (Fsp3) is 0.459. The van der Waals surface area contributed by atoms with Gasteiger partial charge in [0.05, 0.1) is 11.3 Å². The van der Waals surface area contributed by atoms with Crippen LogP contribution < -0.4 is 4.90 Å². The van der Waals surface area contributed by atoms with Crippen LogP contribution in [0.1, 0.15) is 93.6 Å². The molecule has 2 aliphatic rings. The summed E-state index contributed by atoms with van der Waals surface area (Å²) >= 11 is 0. The lowest BCUT2D eigenvalue weighted by atomic mass is 9.81. The Morgan fingerprint density at radius 1 is 1.02 bits per heavy atom. The van der Waals surface area contributed by atoms with E-state index in [1.807, 2.05) is 46.8 Å². The van der Waals surface area contributed by atoms with Gasteiger partial charge in [-0.25, -0.2) is 9.18 Å². The van der Waals surface area contributed by atoms with Crippen LogP contribution in [0, 0.1) is 25.1 Å². The van der Waals surface area contributed by atoms with Crippen molar-refractivity contribution in [2.75, 3.05) is 18.0 Å². The molecule has 2 heterocycles. The number of hydrogen-bond donors (Lipinski definition) is 1. The van der Waals surface area contributed by atoms with Gasteiger partial charge < -0.3 is 14.7 Å². The number of benzene rings is 2. The molecule has 43 heavy (non-hydrogen) atoms. The molecule has 1 fully saturated rings. The zero-order valence-electron chi connectivity index (χ0n) is 26.7. The summed E-state index contributed by atoms with van der Waals surface area (Å²) in [6.07, 6.45) is 5.81. The number of carbonyl (C=O) groups is 1. The first-order valence-corrected chi connectivity index (χ1v) is 15.4. The first-order valence-electron chi connectivity index (χ1n) is 15.4. The minimum Gasteiger partial charge on any atom is -0.479 e. The van der Waals surface area contributed by atoms with Crippen LogP contribution in [0.25, 0.3) is 17.2 Å². The number of ether oxygens (including phenoxy) is 1. The topological polar surface area (TPSA) is 62.7 Å². The van der Waals surface area contributed by atoms with Crippen LogP contribution >= 0.6 is 0 Å². The Labute approximate surface area is 255 Å². The largest absolute Gasteiger partial charge is 0.479 e. The maximum absolute atomic E-state index is 13.4. The zero-order chi connectivity index (χ0) is 31.1. The van der Waals surface area contributed by atoms with E-state index in [4.69, 9.17) is 9.72 Å². The predicted octanol–water partition coefficient (Wildman–Crippen LogP) is 8.64. The van der Waals surface area contributed by atoms with Crippen LogP contribution in [0.2, 0.25) is 0 Å². The van der Waals surface area contributed by atoms with Crippen molar-refractivity contribution in [3.8, 4) is 11.1 Å². The number of hydrogen-bond acceptors (Lipinski definition) is 4. The summed E-state index contributed by atoms with van der Waals surface area (Å²) in [5.41, 5.74) is 9.82. The number of nitrogens with zero attached hydrogens (tertiary/aromatic N) is 2. The number of anilines is 1. The van der Waals surface area contributed by atoms with E-state index in [2.05, 4.69) is 43.0 Å². The quantitative estimate of drug-likeness (QED) is 0.314. The molecule has 6 heteroatoms. The van der Waals surface area contributed by atoms with E-state index in [1.54, 1.807) is 0 Å². The average molecular weight is 585 g/mol. The Hall–Kier alpha value is -3.51. The van der Waals surface area contributed by atoms with E-state index in [0.29, 0.717) is 11.3 Å². The standard InChI is InChI=1S/C37H45FN2O3/c1-23-31(29-13-12-27-21-26(8-11-28(27)22-29)20-25-9-14-30(38)15-10-25)33(40-18-16-37(6,7)17-19-40)32(24(2)39-23)34(35(41)42)43-36(3,4)5/h9-10,12-15,20,22,34H,8,11,16-19,21H2,1-7H3,(H,41,42)/b26-20+. The molecule has 2 aromatic carbocycles. The normalized spacial score (nSPS) is 18.4. The highest BCUT2D eigenvalue weighted by molar-refractivity contribution is 5.88. The second-order valence-electron chi connectivity index (χ2n) is 14.0. The molecule has 0 saturated carbocycles. The molecule has 1 saturated heterocycles. The maximum atomic E-state index is 13.4. The molecule has 5 nitrogen and oxygen atoms in total. The monoisotopic (exact) mass is 584 g/mol. The molecule has 1 aliphatic carbocycles. The number of allylic oxidation sites excluding steroid dienone is 1. The van der Waals surface area contributed by atoms with Gasteiger partial charge in [0.25, 0.3) is 0 Å². The molecular formula is C37H45FN2O3. The van der Waals surface area contributed by atoms with Crippen molar-refractivity contribution < 1.29 is 19.0 Å². The number of carboxylic acid groups (broad SMARTS) is 1. The molecule has 0 radical (unpaired) electrons. The lowest BCUT2D eigenvalue weighted by Crippen LogP contribution is -2.39. The van der Waals surface area contributed by atoms with E-state index < -0.39 is 17.7 Å². The van der Waals surface area contributed by atoms with Gasteiger partial charge >= 0.3 is 5.97 Å². The van der Waals surface area contributed by atoms with Gasteiger partial charge in [0.15, 0.2) is 6.10 Å².